The van der Waals surface area contributed by atoms with E-state index >= 15 is 0 Å². The van der Waals surface area contributed by atoms with Gasteiger partial charge in [-0.15, -0.1) is 0 Å². The Labute approximate surface area is 126 Å². The molecule has 4 nitrogen and oxygen atoms in total. The van der Waals surface area contributed by atoms with E-state index in [-0.39, 0.29) is 5.91 Å². The molecule has 2 aromatic rings. The Morgan fingerprint density at radius 2 is 2.10 bits per heavy atom. The molecule has 20 heavy (non-hydrogen) atoms. The number of hydrogen-bond donors (Lipinski definition) is 0. The van der Waals surface area contributed by atoms with E-state index in [2.05, 4.69) is 25.9 Å². The maximum atomic E-state index is 11.3. The lowest BCUT2D eigenvalue weighted by molar-refractivity contribution is -0.129. The van der Waals surface area contributed by atoms with Crippen LogP contribution in [0.15, 0.2) is 28.9 Å². The van der Waals surface area contributed by atoms with Crippen molar-refractivity contribution >= 4 is 32.7 Å². The lowest BCUT2D eigenvalue weighted by atomic mass is 9.96. The van der Waals surface area contributed by atoms with E-state index in [0.29, 0.717) is 5.92 Å². The molecule has 104 valence electrons. The number of amides is 1. The molecule has 1 aromatic carbocycles. The second-order valence-corrected chi connectivity index (χ2v) is 6.13. The Morgan fingerprint density at radius 3 is 2.80 bits per heavy atom. The number of benzene rings is 1. The van der Waals surface area contributed by atoms with Gasteiger partial charge in [0.15, 0.2) is 0 Å². The summed E-state index contributed by atoms with van der Waals surface area (Å²) in [6, 6.07) is 6.03. The van der Waals surface area contributed by atoms with Crippen LogP contribution in [-0.2, 0) is 4.79 Å². The van der Waals surface area contributed by atoms with Crippen LogP contribution in [0.3, 0.4) is 0 Å². The Balaban J connectivity index is 1.81. The second kappa shape index (κ2) is 5.48. The third-order valence-corrected chi connectivity index (χ3v) is 4.36. The minimum Gasteiger partial charge on any atom is -0.343 e. The Bertz CT molecular complexity index is 651. The van der Waals surface area contributed by atoms with Crippen LogP contribution in [0.4, 0.5) is 0 Å². The van der Waals surface area contributed by atoms with E-state index < -0.39 is 0 Å². The first-order chi connectivity index (χ1) is 9.63. The minimum atomic E-state index is 0.160. The number of rotatable bonds is 1. The predicted octanol–water partition coefficient (Wildman–Crippen LogP) is 3.12. The summed E-state index contributed by atoms with van der Waals surface area (Å²) in [5.74, 6) is 1.43. The van der Waals surface area contributed by atoms with Gasteiger partial charge in [0.25, 0.3) is 0 Å². The molecule has 0 unspecified atom stereocenters. The highest BCUT2D eigenvalue weighted by molar-refractivity contribution is 9.10. The molecule has 0 atom stereocenters. The van der Waals surface area contributed by atoms with Crippen LogP contribution in [0, 0.1) is 0 Å². The zero-order chi connectivity index (χ0) is 14.1. The van der Waals surface area contributed by atoms with Crippen molar-refractivity contribution in [2.45, 2.75) is 25.7 Å². The summed E-state index contributed by atoms with van der Waals surface area (Å²) in [5.41, 5.74) is 0.979. The topological polar surface area (TPSA) is 46.1 Å². The number of likely N-dealkylation sites (tertiary alicyclic amines) is 1. The van der Waals surface area contributed by atoms with Gasteiger partial charge >= 0.3 is 0 Å². The van der Waals surface area contributed by atoms with E-state index in [4.69, 9.17) is 0 Å². The van der Waals surface area contributed by atoms with Crippen molar-refractivity contribution in [3.8, 4) is 0 Å². The standard InChI is InChI=1S/C15H16BrN3O/c1-10(20)19-6-4-11(5-7-19)15-17-9-12-8-13(16)2-3-14(12)18-15/h2-3,8-9,11H,4-7H2,1H3. The molecule has 1 aliphatic rings. The van der Waals surface area contributed by atoms with E-state index in [1.165, 1.54) is 0 Å². The summed E-state index contributed by atoms with van der Waals surface area (Å²) in [4.78, 5) is 22.4. The van der Waals surface area contributed by atoms with Crippen molar-refractivity contribution in [1.29, 1.82) is 0 Å². The Kier molecular flexibility index (Phi) is 3.70. The summed E-state index contributed by atoms with van der Waals surface area (Å²) in [6.07, 6.45) is 3.78. The SMILES string of the molecule is CC(=O)N1CCC(c2ncc3cc(Br)ccc3n2)CC1. The molecule has 2 heterocycles. The molecule has 5 heteroatoms. The highest BCUT2D eigenvalue weighted by Crippen LogP contribution is 2.27. The molecule has 3 rings (SSSR count). The molecule has 0 N–H and O–H groups in total. The number of fused-ring (bicyclic) bond motifs is 1. The van der Waals surface area contributed by atoms with E-state index in [9.17, 15) is 4.79 Å². The average Bonchev–Trinajstić information content (AvgIpc) is 2.47. The first kappa shape index (κ1) is 13.5. The molecule has 0 saturated carbocycles. The van der Waals surface area contributed by atoms with Gasteiger partial charge in [0.1, 0.15) is 5.82 Å². The maximum Gasteiger partial charge on any atom is 0.219 e. The summed E-state index contributed by atoms with van der Waals surface area (Å²) < 4.78 is 1.04. The van der Waals surface area contributed by atoms with Gasteiger partial charge in [-0.2, -0.15) is 0 Å². The van der Waals surface area contributed by atoms with E-state index in [0.717, 1.165) is 47.1 Å². The molecule has 1 saturated heterocycles. The molecule has 1 fully saturated rings. The molecule has 1 aromatic heterocycles. The first-order valence-electron chi connectivity index (χ1n) is 6.81. The lowest BCUT2D eigenvalue weighted by Crippen LogP contribution is -2.36. The van der Waals surface area contributed by atoms with Crippen LogP contribution in [0.5, 0.6) is 0 Å². The van der Waals surface area contributed by atoms with E-state index in [1.807, 2.05) is 29.3 Å². The molecule has 0 bridgehead atoms. The van der Waals surface area contributed by atoms with Crippen molar-refractivity contribution in [2.75, 3.05) is 13.1 Å². The molecule has 1 amide bonds. The molecular formula is C15H16BrN3O. The molecule has 0 aliphatic carbocycles. The summed E-state index contributed by atoms with van der Waals surface area (Å²) >= 11 is 3.45. The molecule has 1 aliphatic heterocycles. The van der Waals surface area contributed by atoms with Crippen LogP contribution in [0.25, 0.3) is 10.9 Å². The van der Waals surface area contributed by atoms with Crippen molar-refractivity contribution in [2.24, 2.45) is 0 Å². The van der Waals surface area contributed by atoms with Crippen LogP contribution >= 0.6 is 15.9 Å². The third-order valence-electron chi connectivity index (χ3n) is 3.87. The maximum absolute atomic E-state index is 11.3. The van der Waals surface area contributed by atoms with Crippen LogP contribution in [-0.4, -0.2) is 33.9 Å². The fourth-order valence-corrected chi connectivity index (χ4v) is 3.05. The van der Waals surface area contributed by atoms with Crippen LogP contribution in [0.2, 0.25) is 0 Å². The van der Waals surface area contributed by atoms with Crippen molar-refractivity contribution in [1.82, 2.24) is 14.9 Å². The summed E-state index contributed by atoms with van der Waals surface area (Å²) in [7, 11) is 0. The Hall–Kier alpha value is -1.49. The number of carbonyl (C=O) groups excluding carboxylic acids is 1. The number of carbonyl (C=O) groups is 1. The van der Waals surface area contributed by atoms with Crippen molar-refractivity contribution < 1.29 is 4.79 Å². The highest BCUT2D eigenvalue weighted by Gasteiger charge is 2.23. The van der Waals surface area contributed by atoms with Gasteiger partial charge in [-0.3, -0.25) is 4.79 Å². The number of piperidine rings is 1. The van der Waals surface area contributed by atoms with Gasteiger partial charge < -0.3 is 4.90 Å². The summed E-state index contributed by atoms with van der Waals surface area (Å²) in [5, 5.41) is 1.05. The fraction of sp³-hybridized carbons (Fsp3) is 0.400. The smallest absolute Gasteiger partial charge is 0.219 e. The fourth-order valence-electron chi connectivity index (χ4n) is 2.67. The van der Waals surface area contributed by atoms with Crippen LogP contribution in [0.1, 0.15) is 31.5 Å². The third kappa shape index (κ3) is 2.68. The predicted molar refractivity (Wildman–Crippen MR) is 81.5 cm³/mol. The average molecular weight is 334 g/mol. The summed E-state index contributed by atoms with van der Waals surface area (Å²) in [6.45, 7) is 3.24. The molecule has 0 radical (unpaired) electrons. The quantitative estimate of drug-likeness (QED) is 0.805. The minimum absolute atomic E-state index is 0.160. The van der Waals surface area contributed by atoms with Gasteiger partial charge in [0, 0.05) is 42.0 Å². The van der Waals surface area contributed by atoms with Crippen LogP contribution < -0.4 is 0 Å². The van der Waals surface area contributed by atoms with Gasteiger partial charge in [-0.25, -0.2) is 9.97 Å². The molecule has 0 spiro atoms. The number of hydrogen-bond acceptors (Lipinski definition) is 3. The molecular weight excluding hydrogens is 318 g/mol. The largest absolute Gasteiger partial charge is 0.343 e. The second-order valence-electron chi connectivity index (χ2n) is 5.21. The lowest BCUT2D eigenvalue weighted by Gasteiger charge is -2.30. The number of halogens is 1. The van der Waals surface area contributed by atoms with Gasteiger partial charge in [-0.1, -0.05) is 15.9 Å². The number of nitrogens with zero attached hydrogens (tertiary/aromatic N) is 3. The van der Waals surface area contributed by atoms with Gasteiger partial charge in [0.2, 0.25) is 5.91 Å². The van der Waals surface area contributed by atoms with Crippen molar-refractivity contribution in [3.05, 3.63) is 34.7 Å². The van der Waals surface area contributed by atoms with Gasteiger partial charge in [0.05, 0.1) is 5.52 Å². The van der Waals surface area contributed by atoms with Gasteiger partial charge in [-0.05, 0) is 31.0 Å². The normalized spacial score (nSPS) is 16.6. The zero-order valence-electron chi connectivity index (χ0n) is 11.3. The van der Waals surface area contributed by atoms with Crippen molar-refractivity contribution in [3.63, 3.8) is 0 Å². The Morgan fingerprint density at radius 1 is 1.35 bits per heavy atom. The highest BCUT2D eigenvalue weighted by atomic mass is 79.9. The van der Waals surface area contributed by atoms with E-state index in [1.54, 1.807) is 6.92 Å². The monoisotopic (exact) mass is 333 g/mol. The zero-order valence-corrected chi connectivity index (χ0v) is 12.9. The first-order valence-corrected chi connectivity index (χ1v) is 7.60. The number of aromatic nitrogens is 2.